The molecule has 0 saturated carbocycles. The topological polar surface area (TPSA) is 84.9 Å². The highest BCUT2D eigenvalue weighted by atomic mass is 16.6. The Morgan fingerprint density at radius 3 is 2.56 bits per heavy atom. The maximum atomic E-state index is 11.4. The Kier molecular flexibility index (Phi) is 8.03. The van der Waals surface area contributed by atoms with Crippen LogP contribution in [0, 0.1) is 0 Å². The van der Waals surface area contributed by atoms with Gasteiger partial charge >= 0.3 is 5.97 Å². The molecule has 0 heterocycles. The molecule has 0 radical (unpaired) electrons. The van der Waals surface area contributed by atoms with Crippen LogP contribution >= 0.6 is 0 Å². The van der Waals surface area contributed by atoms with Crippen LogP contribution in [-0.4, -0.2) is 36.0 Å². The molecule has 0 aromatic rings. The molecular weight excluding hydrogens is 232 g/mol. The molecular formula is C13H24N2O3. The van der Waals surface area contributed by atoms with Crippen LogP contribution in [0.3, 0.4) is 0 Å². The number of ether oxygens (including phenoxy) is 1. The average molecular weight is 256 g/mol. The Morgan fingerprint density at radius 1 is 1.39 bits per heavy atom. The molecule has 0 unspecified atom stereocenters. The fourth-order valence-electron chi connectivity index (χ4n) is 1.24. The predicted molar refractivity (Wildman–Crippen MR) is 72.4 cm³/mol. The minimum absolute atomic E-state index is 0.00535. The molecule has 0 aromatic carbocycles. The molecule has 0 atom stereocenters. The Labute approximate surface area is 109 Å². The van der Waals surface area contributed by atoms with Crippen molar-refractivity contribution >= 4 is 12.2 Å². The number of aliphatic hydroxyl groups is 1. The zero-order valence-corrected chi connectivity index (χ0v) is 11.5. The summed E-state index contributed by atoms with van der Waals surface area (Å²) >= 11 is 0. The van der Waals surface area contributed by atoms with E-state index in [-0.39, 0.29) is 19.1 Å². The predicted octanol–water partition coefficient (Wildman–Crippen LogP) is 1.40. The number of nitrogens with zero attached hydrogens (tertiary/aromatic N) is 1. The van der Waals surface area contributed by atoms with Gasteiger partial charge in [-0.15, -0.1) is 0 Å². The van der Waals surface area contributed by atoms with Crippen molar-refractivity contribution in [1.82, 2.24) is 0 Å². The summed E-state index contributed by atoms with van der Waals surface area (Å²) in [5.74, 6) is -0.356. The van der Waals surface area contributed by atoms with E-state index in [9.17, 15) is 4.79 Å². The van der Waals surface area contributed by atoms with Gasteiger partial charge in [0.2, 0.25) is 0 Å². The average Bonchev–Trinajstić information content (AvgIpc) is 2.24. The third-order valence-corrected chi connectivity index (χ3v) is 1.99. The molecule has 0 fully saturated rings. The van der Waals surface area contributed by atoms with Crippen molar-refractivity contribution in [1.29, 1.82) is 0 Å². The van der Waals surface area contributed by atoms with Gasteiger partial charge < -0.3 is 15.6 Å². The summed E-state index contributed by atoms with van der Waals surface area (Å²) in [4.78, 5) is 15.4. The zero-order valence-electron chi connectivity index (χ0n) is 11.5. The van der Waals surface area contributed by atoms with E-state index in [1.54, 1.807) is 6.21 Å². The number of carbonyl (C=O) groups is 1. The van der Waals surface area contributed by atoms with Gasteiger partial charge in [-0.1, -0.05) is 0 Å². The number of aliphatic imine (C=N–C) groups is 1. The molecule has 0 saturated heterocycles. The summed E-state index contributed by atoms with van der Waals surface area (Å²) in [6, 6.07) is 0. The lowest BCUT2D eigenvalue weighted by molar-refractivity contribution is -0.152. The molecule has 0 rings (SSSR count). The number of allylic oxidation sites excluding steroid dienone is 1. The van der Waals surface area contributed by atoms with E-state index in [1.165, 1.54) is 6.20 Å². The monoisotopic (exact) mass is 256 g/mol. The minimum Gasteiger partial charge on any atom is -0.459 e. The van der Waals surface area contributed by atoms with Crippen LogP contribution in [0.2, 0.25) is 0 Å². The van der Waals surface area contributed by atoms with E-state index in [2.05, 4.69) is 4.99 Å². The van der Waals surface area contributed by atoms with Crippen molar-refractivity contribution in [2.75, 3.05) is 13.2 Å². The first-order chi connectivity index (χ1) is 8.39. The number of carbonyl (C=O) groups excluding carboxylic acids is 1. The second kappa shape index (κ2) is 8.69. The van der Waals surface area contributed by atoms with Crippen LogP contribution in [-0.2, 0) is 9.53 Å². The SMILES string of the molecule is CC(C)(C)OC(=O)CN=CC(=CN)CCCCO. The van der Waals surface area contributed by atoms with Gasteiger partial charge in [0.1, 0.15) is 12.1 Å². The molecule has 0 aliphatic rings. The molecule has 5 nitrogen and oxygen atoms in total. The summed E-state index contributed by atoms with van der Waals surface area (Å²) in [6.45, 7) is 5.61. The second-order valence-corrected chi connectivity index (χ2v) is 4.98. The summed E-state index contributed by atoms with van der Waals surface area (Å²) in [7, 11) is 0. The Morgan fingerprint density at radius 2 is 2.06 bits per heavy atom. The van der Waals surface area contributed by atoms with Crippen LogP contribution in [0.15, 0.2) is 16.8 Å². The Balaban J connectivity index is 4.02. The van der Waals surface area contributed by atoms with Gasteiger partial charge in [0, 0.05) is 12.8 Å². The van der Waals surface area contributed by atoms with Gasteiger partial charge in [-0.3, -0.25) is 9.79 Å². The summed E-state index contributed by atoms with van der Waals surface area (Å²) < 4.78 is 5.12. The van der Waals surface area contributed by atoms with Gasteiger partial charge in [0.05, 0.1) is 0 Å². The van der Waals surface area contributed by atoms with Gasteiger partial charge in [-0.05, 0) is 51.8 Å². The number of unbranched alkanes of at least 4 members (excludes halogenated alkanes) is 1. The quantitative estimate of drug-likeness (QED) is 0.409. The third kappa shape index (κ3) is 9.84. The number of rotatable bonds is 7. The number of hydrogen-bond acceptors (Lipinski definition) is 5. The first kappa shape index (κ1) is 16.6. The number of hydrogen-bond donors (Lipinski definition) is 2. The molecule has 0 aliphatic carbocycles. The molecule has 0 spiro atoms. The van der Waals surface area contributed by atoms with Gasteiger partial charge in [0.15, 0.2) is 0 Å². The molecule has 0 bridgehead atoms. The van der Waals surface area contributed by atoms with Crippen LogP contribution in [0.1, 0.15) is 40.0 Å². The van der Waals surface area contributed by atoms with Gasteiger partial charge in [-0.2, -0.15) is 0 Å². The third-order valence-electron chi connectivity index (χ3n) is 1.99. The van der Waals surface area contributed by atoms with Crippen LogP contribution in [0.4, 0.5) is 0 Å². The summed E-state index contributed by atoms with van der Waals surface area (Å²) in [6.07, 6.45) is 5.38. The highest BCUT2D eigenvalue weighted by Crippen LogP contribution is 2.07. The number of esters is 1. The fraction of sp³-hybridized carbons (Fsp3) is 0.692. The molecule has 0 aromatic heterocycles. The Bertz CT molecular complexity index is 304. The summed E-state index contributed by atoms with van der Waals surface area (Å²) in [5.41, 5.74) is 5.81. The van der Waals surface area contributed by atoms with Crippen molar-refractivity contribution in [3.05, 3.63) is 11.8 Å². The minimum atomic E-state index is -0.486. The van der Waals surface area contributed by atoms with Gasteiger partial charge in [-0.25, -0.2) is 0 Å². The lowest BCUT2D eigenvalue weighted by Gasteiger charge is -2.18. The molecule has 18 heavy (non-hydrogen) atoms. The van der Waals surface area contributed by atoms with Crippen molar-refractivity contribution in [3.8, 4) is 0 Å². The lowest BCUT2D eigenvalue weighted by atomic mass is 10.1. The smallest absolute Gasteiger partial charge is 0.328 e. The number of nitrogens with two attached hydrogens (primary N) is 1. The zero-order chi connectivity index (χ0) is 14.0. The molecule has 5 heteroatoms. The molecule has 104 valence electrons. The fourth-order valence-corrected chi connectivity index (χ4v) is 1.24. The largest absolute Gasteiger partial charge is 0.459 e. The normalized spacial score (nSPS) is 13.0. The highest BCUT2D eigenvalue weighted by molar-refractivity contribution is 5.81. The molecule has 0 aliphatic heterocycles. The number of aliphatic hydroxyl groups excluding tert-OH is 1. The molecule has 3 N–H and O–H groups in total. The van der Waals surface area contributed by atoms with Gasteiger partial charge in [0.25, 0.3) is 0 Å². The van der Waals surface area contributed by atoms with E-state index in [0.29, 0.717) is 0 Å². The summed E-state index contributed by atoms with van der Waals surface area (Å²) in [5, 5.41) is 8.66. The van der Waals surface area contributed by atoms with Crippen molar-refractivity contribution in [3.63, 3.8) is 0 Å². The molecule has 0 amide bonds. The maximum Gasteiger partial charge on any atom is 0.328 e. The lowest BCUT2D eigenvalue weighted by Crippen LogP contribution is -2.25. The highest BCUT2D eigenvalue weighted by Gasteiger charge is 2.15. The van der Waals surface area contributed by atoms with Crippen LogP contribution < -0.4 is 5.73 Å². The van der Waals surface area contributed by atoms with E-state index in [1.807, 2.05) is 20.8 Å². The van der Waals surface area contributed by atoms with Crippen molar-refractivity contribution in [2.24, 2.45) is 10.7 Å². The van der Waals surface area contributed by atoms with E-state index < -0.39 is 5.60 Å². The van der Waals surface area contributed by atoms with E-state index in [0.717, 1.165) is 24.8 Å². The maximum absolute atomic E-state index is 11.4. The van der Waals surface area contributed by atoms with E-state index in [4.69, 9.17) is 15.6 Å². The van der Waals surface area contributed by atoms with Crippen LogP contribution in [0.25, 0.3) is 0 Å². The van der Waals surface area contributed by atoms with Crippen LogP contribution in [0.5, 0.6) is 0 Å². The first-order valence-electron chi connectivity index (χ1n) is 6.12. The second-order valence-electron chi connectivity index (χ2n) is 4.98. The first-order valence-corrected chi connectivity index (χ1v) is 6.12. The standard InChI is InChI=1S/C13H24N2O3/c1-13(2,3)18-12(17)10-15-9-11(8-14)6-4-5-7-16/h8-9,16H,4-7,10,14H2,1-3H3. The van der Waals surface area contributed by atoms with Crippen molar-refractivity contribution in [2.45, 2.75) is 45.6 Å². The van der Waals surface area contributed by atoms with Crippen molar-refractivity contribution < 1.29 is 14.6 Å². The van der Waals surface area contributed by atoms with E-state index >= 15 is 0 Å². The Hall–Kier alpha value is -1.36.